The van der Waals surface area contributed by atoms with Gasteiger partial charge in [0, 0.05) is 5.92 Å². The molecular formula is C17H11F3O4-2. The van der Waals surface area contributed by atoms with Gasteiger partial charge in [-0.05, 0) is 35.2 Å². The van der Waals surface area contributed by atoms with E-state index in [-0.39, 0.29) is 11.1 Å². The number of hydrogen-bond acceptors (Lipinski definition) is 4. The summed E-state index contributed by atoms with van der Waals surface area (Å²) in [5.74, 6) is -5.66. The molecule has 2 rings (SSSR count). The van der Waals surface area contributed by atoms with Crippen molar-refractivity contribution in [2.45, 2.75) is 12.6 Å². The Balaban J connectivity index is 2.55. The molecule has 0 amide bonds. The van der Waals surface area contributed by atoms with Gasteiger partial charge in [-0.3, -0.25) is 0 Å². The molecule has 0 saturated carbocycles. The largest absolute Gasteiger partial charge is 0.549 e. The van der Waals surface area contributed by atoms with E-state index in [0.717, 1.165) is 18.2 Å². The topological polar surface area (TPSA) is 80.3 Å². The first-order valence-corrected chi connectivity index (χ1v) is 6.87. The van der Waals surface area contributed by atoms with Crippen LogP contribution in [0.4, 0.5) is 13.2 Å². The maximum absolute atomic E-state index is 12.9. The fraction of sp³-hybridized carbons (Fsp3) is 0.176. The number of hydrogen-bond donors (Lipinski definition) is 0. The Morgan fingerprint density at radius 1 is 0.958 bits per heavy atom. The first-order chi connectivity index (χ1) is 11.2. The number of carboxylic acids is 2. The molecule has 0 aliphatic carbocycles. The van der Waals surface area contributed by atoms with Crippen molar-refractivity contribution < 1.29 is 33.0 Å². The average molecular weight is 336 g/mol. The van der Waals surface area contributed by atoms with Gasteiger partial charge in [0.15, 0.2) is 0 Å². The number of rotatable bonds is 5. The molecule has 0 heterocycles. The number of carboxylic acid groups (broad SMARTS) is 2. The van der Waals surface area contributed by atoms with E-state index in [4.69, 9.17) is 0 Å². The number of aliphatic carboxylic acids is 2. The number of benzene rings is 2. The van der Waals surface area contributed by atoms with E-state index in [2.05, 4.69) is 0 Å². The van der Waals surface area contributed by atoms with Gasteiger partial charge in [-0.2, -0.15) is 13.2 Å². The van der Waals surface area contributed by atoms with Gasteiger partial charge >= 0.3 is 6.18 Å². The van der Waals surface area contributed by atoms with Gasteiger partial charge in [-0.15, -0.1) is 0 Å². The molecule has 0 N–H and O–H groups in total. The van der Waals surface area contributed by atoms with Crippen LogP contribution in [0, 0.1) is 5.92 Å². The molecule has 2 aromatic carbocycles. The van der Waals surface area contributed by atoms with Crippen molar-refractivity contribution in [1.82, 2.24) is 0 Å². The van der Waals surface area contributed by atoms with Crippen molar-refractivity contribution >= 4 is 11.9 Å². The first-order valence-electron chi connectivity index (χ1n) is 6.87. The summed E-state index contributed by atoms with van der Waals surface area (Å²) in [6.45, 7) is 0. The van der Waals surface area contributed by atoms with Gasteiger partial charge in [0.25, 0.3) is 0 Å². The fourth-order valence-electron chi connectivity index (χ4n) is 2.30. The molecule has 0 bridgehead atoms. The van der Waals surface area contributed by atoms with Gasteiger partial charge in [0.05, 0.1) is 17.5 Å². The zero-order valence-corrected chi connectivity index (χ0v) is 12.2. The smallest absolute Gasteiger partial charge is 0.416 e. The minimum absolute atomic E-state index is 0.109. The number of alkyl halides is 3. The molecule has 126 valence electrons. The molecular weight excluding hydrogens is 325 g/mol. The molecule has 7 heteroatoms. The summed E-state index contributed by atoms with van der Waals surface area (Å²) in [4.78, 5) is 21.8. The number of carbonyl (C=O) groups excluding carboxylic acids is 2. The molecule has 4 nitrogen and oxygen atoms in total. The quantitative estimate of drug-likeness (QED) is 0.764. The van der Waals surface area contributed by atoms with E-state index in [0.29, 0.717) is 5.56 Å². The van der Waals surface area contributed by atoms with Crippen LogP contribution in [0.1, 0.15) is 11.1 Å². The molecule has 0 saturated heterocycles. The SMILES string of the molecule is O=C([O-])C(Cc1ccc(C(F)(F)F)cc1-c1ccccc1)C(=O)[O-]. The van der Waals surface area contributed by atoms with E-state index >= 15 is 0 Å². The summed E-state index contributed by atoms with van der Waals surface area (Å²) in [6.07, 6.45) is -5.11. The maximum atomic E-state index is 12.9. The van der Waals surface area contributed by atoms with Crippen LogP contribution in [0.25, 0.3) is 11.1 Å². The highest BCUT2D eigenvalue weighted by molar-refractivity contribution is 5.91. The van der Waals surface area contributed by atoms with Gasteiger partial charge in [0.1, 0.15) is 0 Å². The van der Waals surface area contributed by atoms with Crippen LogP contribution in [0.3, 0.4) is 0 Å². The van der Waals surface area contributed by atoms with Crippen LogP contribution in [-0.4, -0.2) is 11.9 Å². The van der Waals surface area contributed by atoms with E-state index in [1.807, 2.05) is 0 Å². The van der Waals surface area contributed by atoms with Gasteiger partial charge in [-0.25, -0.2) is 0 Å². The molecule has 0 atom stereocenters. The van der Waals surface area contributed by atoms with Crippen LogP contribution in [-0.2, 0) is 22.2 Å². The summed E-state index contributed by atoms with van der Waals surface area (Å²) in [7, 11) is 0. The lowest BCUT2D eigenvalue weighted by molar-refractivity contribution is -0.331. The summed E-state index contributed by atoms with van der Waals surface area (Å²) < 4.78 is 38.8. The van der Waals surface area contributed by atoms with E-state index in [1.165, 1.54) is 0 Å². The van der Waals surface area contributed by atoms with Crippen LogP contribution in [0.2, 0.25) is 0 Å². The Bertz CT molecular complexity index is 740. The maximum Gasteiger partial charge on any atom is 0.416 e. The lowest BCUT2D eigenvalue weighted by Gasteiger charge is -2.21. The third-order valence-corrected chi connectivity index (χ3v) is 3.52. The molecule has 0 unspecified atom stereocenters. The zero-order chi connectivity index (χ0) is 17.9. The number of carbonyl (C=O) groups is 2. The highest BCUT2D eigenvalue weighted by Crippen LogP contribution is 2.34. The summed E-state index contributed by atoms with van der Waals surface area (Å²) in [5.41, 5.74) is -0.247. The Kier molecular flexibility index (Phi) is 4.92. The molecule has 0 aromatic heterocycles. The Labute approximate surface area is 135 Å². The predicted octanol–water partition coefficient (Wildman–Crippen LogP) is 1.03. The molecule has 0 radical (unpaired) electrons. The van der Waals surface area contributed by atoms with Gasteiger partial charge < -0.3 is 19.8 Å². The van der Waals surface area contributed by atoms with Crippen molar-refractivity contribution in [2.24, 2.45) is 5.92 Å². The second-order valence-electron chi connectivity index (χ2n) is 5.13. The predicted molar refractivity (Wildman–Crippen MR) is 74.1 cm³/mol. The third kappa shape index (κ3) is 3.92. The molecule has 24 heavy (non-hydrogen) atoms. The second-order valence-corrected chi connectivity index (χ2v) is 5.13. The monoisotopic (exact) mass is 336 g/mol. The normalized spacial score (nSPS) is 11.5. The lowest BCUT2D eigenvalue weighted by Crippen LogP contribution is -2.44. The molecule has 2 aromatic rings. The summed E-state index contributed by atoms with van der Waals surface area (Å²) in [5, 5.41) is 21.8. The standard InChI is InChI=1S/C17H13F3O4/c18-17(19,20)12-7-6-11(8-14(15(21)22)16(23)24)13(9-12)10-4-2-1-3-5-10/h1-7,9,14H,8H2,(H,21,22)(H,23,24)/p-2. The van der Waals surface area contributed by atoms with Crippen molar-refractivity contribution in [1.29, 1.82) is 0 Å². The number of halogens is 3. The highest BCUT2D eigenvalue weighted by atomic mass is 19.4. The molecule has 0 spiro atoms. The fourth-order valence-corrected chi connectivity index (χ4v) is 2.30. The van der Waals surface area contributed by atoms with Gasteiger partial charge in [-0.1, -0.05) is 36.4 Å². The van der Waals surface area contributed by atoms with Crippen molar-refractivity contribution in [3.63, 3.8) is 0 Å². The minimum Gasteiger partial charge on any atom is -0.549 e. The summed E-state index contributed by atoms with van der Waals surface area (Å²) >= 11 is 0. The Hall–Kier alpha value is -2.83. The first kappa shape index (κ1) is 17.5. The van der Waals surface area contributed by atoms with Crippen LogP contribution >= 0.6 is 0 Å². The Morgan fingerprint density at radius 2 is 1.54 bits per heavy atom. The minimum atomic E-state index is -4.58. The van der Waals surface area contributed by atoms with Gasteiger partial charge in [0.2, 0.25) is 0 Å². The van der Waals surface area contributed by atoms with Crippen molar-refractivity contribution in [3.8, 4) is 11.1 Å². The summed E-state index contributed by atoms with van der Waals surface area (Å²) in [6, 6.07) is 10.7. The van der Waals surface area contributed by atoms with Crippen molar-refractivity contribution in [2.75, 3.05) is 0 Å². The zero-order valence-electron chi connectivity index (χ0n) is 12.2. The van der Waals surface area contributed by atoms with E-state index < -0.39 is 36.0 Å². The third-order valence-electron chi connectivity index (χ3n) is 3.52. The van der Waals surface area contributed by atoms with Crippen molar-refractivity contribution in [3.05, 3.63) is 59.7 Å². The molecule has 0 fully saturated rings. The van der Waals surface area contributed by atoms with E-state index in [9.17, 15) is 33.0 Å². The highest BCUT2D eigenvalue weighted by Gasteiger charge is 2.31. The average Bonchev–Trinajstić information content (AvgIpc) is 2.51. The van der Waals surface area contributed by atoms with Crippen LogP contribution in [0.5, 0.6) is 0 Å². The molecule has 0 aliphatic rings. The Morgan fingerprint density at radius 3 is 2.04 bits per heavy atom. The second kappa shape index (κ2) is 6.74. The van der Waals surface area contributed by atoms with E-state index in [1.54, 1.807) is 30.3 Å². The van der Waals surface area contributed by atoms with Crippen LogP contribution in [0.15, 0.2) is 48.5 Å². The molecule has 0 aliphatic heterocycles. The van der Waals surface area contributed by atoms with Crippen LogP contribution < -0.4 is 10.2 Å². The lowest BCUT2D eigenvalue weighted by atomic mass is 9.90.